The summed E-state index contributed by atoms with van der Waals surface area (Å²) in [6.07, 6.45) is 3.76. The molecular formula is C19H20ClN3O. The lowest BCUT2D eigenvalue weighted by Gasteiger charge is -2.08. The maximum atomic E-state index is 5.97. The van der Waals surface area contributed by atoms with Crippen LogP contribution in [0, 0.1) is 0 Å². The van der Waals surface area contributed by atoms with Crippen molar-refractivity contribution in [3.63, 3.8) is 0 Å². The molecule has 2 aromatic carbocycles. The van der Waals surface area contributed by atoms with Crippen LogP contribution in [-0.4, -0.2) is 9.55 Å². The van der Waals surface area contributed by atoms with Crippen LogP contribution in [0.2, 0.25) is 5.02 Å². The van der Waals surface area contributed by atoms with Gasteiger partial charge in [-0.25, -0.2) is 4.98 Å². The van der Waals surface area contributed by atoms with Crippen LogP contribution < -0.4 is 10.1 Å². The van der Waals surface area contributed by atoms with Crippen LogP contribution in [0.5, 0.6) is 5.75 Å². The Kier molecular flexibility index (Phi) is 5.51. The average Bonchev–Trinajstić information content (AvgIpc) is 2.99. The SMILES string of the molecule is Cn1ccnc1CNCc1ccc(OCc2cccc(Cl)c2)cc1. The van der Waals surface area contributed by atoms with E-state index in [1.54, 1.807) is 0 Å². The van der Waals surface area contributed by atoms with Crippen LogP contribution >= 0.6 is 11.6 Å². The molecule has 0 saturated carbocycles. The largest absolute Gasteiger partial charge is 0.489 e. The van der Waals surface area contributed by atoms with E-state index in [4.69, 9.17) is 16.3 Å². The fourth-order valence-electron chi connectivity index (χ4n) is 2.38. The van der Waals surface area contributed by atoms with Crippen LogP contribution in [0.25, 0.3) is 0 Å². The number of nitrogens with zero attached hydrogens (tertiary/aromatic N) is 2. The minimum atomic E-state index is 0.511. The molecule has 0 spiro atoms. The first kappa shape index (κ1) is 16.6. The third kappa shape index (κ3) is 4.60. The van der Waals surface area contributed by atoms with E-state index in [1.165, 1.54) is 5.56 Å². The zero-order valence-corrected chi connectivity index (χ0v) is 14.3. The first-order valence-electron chi connectivity index (χ1n) is 7.84. The smallest absolute Gasteiger partial charge is 0.122 e. The van der Waals surface area contributed by atoms with Gasteiger partial charge >= 0.3 is 0 Å². The highest BCUT2D eigenvalue weighted by Crippen LogP contribution is 2.16. The Morgan fingerprint density at radius 1 is 1.08 bits per heavy atom. The van der Waals surface area contributed by atoms with E-state index in [0.29, 0.717) is 6.61 Å². The predicted molar refractivity (Wildman–Crippen MR) is 96.0 cm³/mol. The van der Waals surface area contributed by atoms with Crippen LogP contribution in [0.1, 0.15) is 17.0 Å². The summed E-state index contributed by atoms with van der Waals surface area (Å²) in [4.78, 5) is 4.29. The summed E-state index contributed by atoms with van der Waals surface area (Å²) in [6.45, 7) is 2.05. The molecule has 5 heteroatoms. The van der Waals surface area contributed by atoms with E-state index in [2.05, 4.69) is 22.4 Å². The van der Waals surface area contributed by atoms with Gasteiger partial charge in [-0.3, -0.25) is 0 Å². The Hall–Kier alpha value is -2.30. The van der Waals surface area contributed by atoms with Gasteiger partial charge in [0.25, 0.3) is 0 Å². The van der Waals surface area contributed by atoms with Gasteiger partial charge in [0.1, 0.15) is 18.2 Å². The summed E-state index contributed by atoms with van der Waals surface area (Å²) in [6, 6.07) is 15.8. The van der Waals surface area contributed by atoms with Gasteiger partial charge < -0.3 is 14.6 Å². The molecule has 1 aromatic heterocycles. The van der Waals surface area contributed by atoms with Crippen molar-refractivity contribution in [1.29, 1.82) is 0 Å². The minimum absolute atomic E-state index is 0.511. The van der Waals surface area contributed by atoms with E-state index < -0.39 is 0 Å². The van der Waals surface area contributed by atoms with Crippen LogP contribution in [0.4, 0.5) is 0 Å². The zero-order valence-electron chi connectivity index (χ0n) is 13.6. The number of nitrogens with one attached hydrogen (secondary N) is 1. The molecule has 3 rings (SSSR count). The second kappa shape index (κ2) is 7.99. The summed E-state index contributed by atoms with van der Waals surface area (Å²) in [5.74, 6) is 1.87. The van der Waals surface area contributed by atoms with Gasteiger partial charge in [0.2, 0.25) is 0 Å². The molecule has 4 nitrogen and oxygen atoms in total. The standard InChI is InChI=1S/C19H20ClN3O/c1-23-10-9-22-19(23)13-21-12-15-5-7-18(8-6-15)24-14-16-3-2-4-17(20)11-16/h2-11,21H,12-14H2,1H3. The van der Waals surface area contributed by atoms with Crippen molar-refractivity contribution in [2.45, 2.75) is 19.7 Å². The summed E-state index contributed by atoms with van der Waals surface area (Å²) in [5, 5.41) is 4.12. The fourth-order valence-corrected chi connectivity index (χ4v) is 2.60. The summed E-state index contributed by atoms with van der Waals surface area (Å²) < 4.78 is 7.80. The molecule has 0 saturated heterocycles. The first-order chi connectivity index (χ1) is 11.7. The molecule has 24 heavy (non-hydrogen) atoms. The Morgan fingerprint density at radius 2 is 1.92 bits per heavy atom. The lowest BCUT2D eigenvalue weighted by atomic mass is 10.2. The zero-order chi connectivity index (χ0) is 16.8. The molecule has 0 bridgehead atoms. The molecule has 124 valence electrons. The monoisotopic (exact) mass is 341 g/mol. The quantitative estimate of drug-likeness (QED) is 0.707. The van der Waals surface area contributed by atoms with E-state index in [-0.39, 0.29) is 0 Å². The number of imidazole rings is 1. The van der Waals surface area contributed by atoms with Gasteiger partial charge in [-0.2, -0.15) is 0 Å². The van der Waals surface area contributed by atoms with E-state index in [9.17, 15) is 0 Å². The molecule has 0 fully saturated rings. The molecule has 0 aliphatic carbocycles. The number of ether oxygens (including phenoxy) is 1. The van der Waals surface area contributed by atoms with Crippen molar-refractivity contribution in [2.75, 3.05) is 0 Å². The molecule has 0 amide bonds. The van der Waals surface area contributed by atoms with Crippen molar-refractivity contribution in [2.24, 2.45) is 7.05 Å². The minimum Gasteiger partial charge on any atom is -0.489 e. The number of rotatable bonds is 7. The highest BCUT2D eigenvalue weighted by atomic mass is 35.5. The average molecular weight is 342 g/mol. The van der Waals surface area contributed by atoms with Crippen molar-refractivity contribution in [3.05, 3.63) is 82.9 Å². The Bertz CT molecular complexity index is 783. The van der Waals surface area contributed by atoms with E-state index in [0.717, 1.165) is 35.2 Å². The Balaban J connectivity index is 1.47. The lowest BCUT2D eigenvalue weighted by molar-refractivity contribution is 0.306. The molecular weight excluding hydrogens is 322 g/mol. The van der Waals surface area contributed by atoms with Gasteiger partial charge in [0, 0.05) is 31.0 Å². The normalized spacial score (nSPS) is 10.8. The molecule has 0 radical (unpaired) electrons. The van der Waals surface area contributed by atoms with Crippen LogP contribution in [0.15, 0.2) is 60.9 Å². The number of benzene rings is 2. The highest BCUT2D eigenvalue weighted by molar-refractivity contribution is 6.30. The second-order valence-electron chi connectivity index (χ2n) is 5.62. The van der Waals surface area contributed by atoms with Crippen LogP contribution in [0.3, 0.4) is 0 Å². The third-order valence-corrected chi connectivity index (χ3v) is 3.99. The topological polar surface area (TPSA) is 39.1 Å². The van der Waals surface area contributed by atoms with Gasteiger partial charge in [-0.1, -0.05) is 35.9 Å². The second-order valence-corrected chi connectivity index (χ2v) is 6.06. The lowest BCUT2D eigenvalue weighted by Crippen LogP contribution is -2.15. The number of aryl methyl sites for hydroxylation is 1. The van der Waals surface area contributed by atoms with Gasteiger partial charge in [-0.15, -0.1) is 0 Å². The van der Waals surface area contributed by atoms with E-state index in [1.807, 2.05) is 60.4 Å². The molecule has 0 unspecified atom stereocenters. The molecule has 0 aliphatic heterocycles. The molecule has 0 aliphatic rings. The number of hydrogen-bond acceptors (Lipinski definition) is 3. The van der Waals surface area contributed by atoms with Crippen LogP contribution in [-0.2, 0) is 26.7 Å². The van der Waals surface area contributed by atoms with Crippen molar-refractivity contribution < 1.29 is 4.74 Å². The molecule has 0 atom stereocenters. The van der Waals surface area contributed by atoms with Crippen molar-refractivity contribution in [1.82, 2.24) is 14.9 Å². The Labute approximate surface area is 147 Å². The molecule has 1 heterocycles. The van der Waals surface area contributed by atoms with Crippen molar-refractivity contribution in [3.8, 4) is 5.75 Å². The van der Waals surface area contributed by atoms with Gasteiger partial charge in [-0.05, 0) is 35.4 Å². The number of halogens is 1. The molecule has 3 aromatic rings. The fraction of sp³-hybridized carbons (Fsp3) is 0.211. The molecule has 1 N–H and O–H groups in total. The number of hydrogen-bond donors (Lipinski definition) is 1. The third-order valence-electron chi connectivity index (χ3n) is 3.75. The van der Waals surface area contributed by atoms with E-state index >= 15 is 0 Å². The first-order valence-corrected chi connectivity index (χ1v) is 8.21. The number of aromatic nitrogens is 2. The highest BCUT2D eigenvalue weighted by Gasteiger charge is 2.00. The predicted octanol–water partition coefficient (Wildman–Crippen LogP) is 3.94. The maximum absolute atomic E-state index is 5.97. The summed E-state index contributed by atoms with van der Waals surface area (Å²) >= 11 is 5.97. The van der Waals surface area contributed by atoms with Gasteiger partial charge in [0.05, 0.1) is 6.54 Å². The summed E-state index contributed by atoms with van der Waals surface area (Å²) in [5.41, 5.74) is 2.27. The maximum Gasteiger partial charge on any atom is 0.122 e. The summed E-state index contributed by atoms with van der Waals surface area (Å²) in [7, 11) is 2.00. The van der Waals surface area contributed by atoms with Gasteiger partial charge in [0.15, 0.2) is 0 Å². The van der Waals surface area contributed by atoms with Crippen molar-refractivity contribution >= 4 is 11.6 Å². The Morgan fingerprint density at radius 3 is 2.62 bits per heavy atom.